The predicted octanol–water partition coefficient (Wildman–Crippen LogP) is 3.43. The van der Waals surface area contributed by atoms with Crippen LogP contribution in [0.25, 0.3) is 0 Å². The zero-order valence-electron chi connectivity index (χ0n) is 10.9. The van der Waals surface area contributed by atoms with Crippen LogP contribution >= 0.6 is 11.6 Å². The topological polar surface area (TPSA) is 12.5 Å². The maximum absolute atomic E-state index is 6.09. The van der Waals surface area contributed by atoms with Gasteiger partial charge in [0.15, 0.2) is 0 Å². The summed E-state index contributed by atoms with van der Waals surface area (Å²) in [4.78, 5) is 2.62. The minimum atomic E-state index is 0.552. The quantitative estimate of drug-likeness (QED) is 0.702. The highest BCUT2D eigenvalue weighted by atomic mass is 35.5. The van der Waals surface area contributed by atoms with Crippen molar-refractivity contribution >= 4 is 11.6 Å². The van der Waals surface area contributed by atoms with Gasteiger partial charge in [-0.2, -0.15) is 0 Å². The second-order valence-corrected chi connectivity index (χ2v) is 5.78. The standard InChI is InChI=1S/C14H26ClNO/c15-12-13-6-2-1-3-9-16(13)10-4-7-14-8-5-11-17-14/h13-14H,1-12H2. The molecule has 0 N–H and O–H groups in total. The number of ether oxygens (including phenoxy) is 1. The van der Waals surface area contributed by atoms with Crippen LogP contribution in [0.15, 0.2) is 0 Å². The molecule has 0 aromatic rings. The molecule has 2 unspecified atom stereocenters. The molecule has 0 radical (unpaired) electrons. The van der Waals surface area contributed by atoms with E-state index in [0.717, 1.165) is 12.5 Å². The summed E-state index contributed by atoms with van der Waals surface area (Å²) in [6.07, 6.45) is 11.0. The predicted molar refractivity (Wildman–Crippen MR) is 72.8 cm³/mol. The molecule has 2 atom stereocenters. The SMILES string of the molecule is ClCC1CCCCCN1CCCC1CCCO1. The highest BCUT2D eigenvalue weighted by molar-refractivity contribution is 6.18. The maximum atomic E-state index is 6.09. The van der Waals surface area contributed by atoms with Gasteiger partial charge in [-0.15, -0.1) is 11.6 Å². The van der Waals surface area contributed by atoms with Gasteiger partial charge in [0, 0.05) is 18.5 Å². The van der Waals surface area contributed by atoms with Gasteiger partial charge in [0.05, 0.1) is 6.10 Å². The average molecular weight is 260 g/mol. The molecular weight excluding hydrogens is 234 g/mol. The number of rotatable bonds is 5. The minimum Gasteiger partial charge on any atom is -0.378 e. The first-order valence-corrected chi connectivity index (χ1v) is 7.85. The van der Waals surface area contributed by atoms with Gasteiger partial charge in [0.1, 0.15) is 0 Å². The summed E-state index contributed by atoms with van der Waals surface area (Å²) in [6, 6.07) is 0.628. The monoisotopic (exact) mass is 259 g/mol. The molecule has 0 aromatic heterocycles. The number of alkyl halides is 1. The molecule has 17 heavy (non-hydrogen) atoms. The van der Waals surface area contributed by atoms with Crippen molar-refractivity contribution in [3.05, 3.63) is 0 Å². The molecule has 2 nitrogen and oxygen atoms in total. The fraction of sp³-hybridized carbons (Fsp3) is 1.00. The molecule has 2 heterocycles. The first-order chi connectivity index (χ1) is 8.40. The van der Waals surface area contributed by atoms with E-state index in [2.05, 4.69) is 4.90 Å². The van der Waals surface area contributed by atoms with Crippen LogP contribution in [0.5, 0.6) is 0 Å². The number of hydrogen-bond donors (Lipinski definition) is 0. The lowest BCUT2D eigenvalue weighted by Crippen LogP contribution is -2.37. The second-order valence-electron chi connectivity index (χ2n) is 5.47. The highest BCUT2D eigenvalue weighted by Gasteiger charge is 2.21. The lowest BCUT2D eigenvalue weighted by Gasteiger charge is -2.28. The minimum absolute atomic E-state index is 0.552. The lowest BCUT2D eigenvalue weighted by atomic mass is 10.1. The largest absolute Gasteiger partial charge is 0.378 e. The Bertz CT molecular complexity index is 206. The smallest absolute Gasteiger partial charge is 0.0576 e. The molecule has 0 bridgehead atoms. The van der Waals surface area contributed by atoms with E-state index < -0.39 is 0 Å². The molecule has 2 aliphatic heterocycles. The van der Waals surface area contributed by atoms with Gasteiger partial charge >= 0.3 is 0 Å². The first kappa shape index (κ1) is 13.6. The molecule has 3 heteroatoms. The molecule has 0 aliphatic carbocycles. The Kier molecular flexibility index (Phi) is 6.10. The van der Waals surface area contributed by atoms with Gasteiger partial charge < -0.3 is 4.74 Å². The zero-order valence-corrected chi connectivity index (χ0v) is 11.6. The molecule has 2 fully saturated rings. The summed E-state index contributed by atoms with van der Waals surface area (Å²) < 4.78 is 5.68. The normalized spacial score (nSPS) is 31.6. The number of nitrogens with zero attached hydrogens (tertiary/aromatic N) is 1. The van der Waals surface area contributed by atoms with E-state index >= 15 is 0 Å². The van der Waals surface area contributed by atoms with Crippen molar-refractivity contribution < 1.29 is 4.74 Å². The van der Waals surface area contributed by atoms with Crippen LogP contribution in [-0.4, -0.2) is 42.6 Å². The van der Waals surface area contributed by atoms with E-state index in [-0.39, 0.29) is 0 Å². The van der Waals surface area contributed by atoms with Gasteiger partial charge in [-0.05, 0) is 51.6 Å². The lowest BCUT2D eigenvalue weighted by molar-refractivity contribution is 0.0966. The summed E-state index contributed by atoms with van der Waals surface area (Å²) >= 11 is 6.09. The van der Waals surface area contributed by atoms with Gasteiger partial charge in [0.25, 0.3) is 0 Å². The summed E-state index contributed by atoms with van der Waals surface area (Å²) in [5, 5.41) is 0. The Labute approximate surface area is 111 Å². The molecule has 0 saturated carbocycles. The van der Waals surface area contributed by atoms with Crippen LogP contribution in [0.3, 0.4) is 0 Å². The molecule has 0 amide bonds. The second kappa shape index (κ2) is 7.60. The van der Waals surface area contributed by atoms with Crippen molar-refractivity contribution in [3.8, 4) is 0 Å². The van der Waals surface area contributed by atoms with E-state index in [0.29, 0.717) is 12.1 Å². The Morgan fingerprint density at radius 2 is 2.06 bits per heavy atom. The van der Waals surface area contributed by atoms with E-state index in [1.165, 1.54) is 64.5 Å². The van der Waals surface area contributed by atoms with Gasteiger partial charge in [-0.3, -0.25) is 4.90 Å². The third kappa shape index (κ3) is 4.42. The van der Waals surface area contributed by atoms with Crippen molar-refractivity contribution in [2.24, 2.45) is 0 Å². The maximum Gasteiger partial charge on any atom is 0.0576 e. The molecule has 100 valence electrons. The van der Waals surface area contributed by atoms with Crippen LogP contribution in [-0.2, 0) is 4.74 Å². The Hall–Kier alpha value is 0.210. The van der Waals surface area contributed by atoms with Gasteiger partial charge in [0.2, 0.25) is 0 Å². The first-order valence-electron chi connectivity index (χ1n) is 7.32. The van der Waals surface area contributed by atoms with Crippen LogP contribution in [0.1, 0.15) is 51.4 Å². The van der Waals surface area contributed by atoms with Crippen molar-refractivity contribution in [3.63, 3.8) is 0 Å². The van der Waals surface area contributed by atoms with Gasteiger partial charge in [-0.25, -0.2) is 0 Å². The molecule has 2 saturated heterocycles. The summed E-state index contributed by atoms with van der Waals surface area (Å²) in [5.74, 6) is 0.805. The van der Waals surface area contributed by atoms with E-state index in [1.54, 1.807) is 0 Å². The summed E-state index contributed by atoms with van der Waals surface area (Å²) in [5.41, 5.74) is 0. The van der Waals surface area contributed by atoms with Crippen LogP contribution in [0.2, 0.25) is 0 Å². The highest BCUT2D eigenvalue weighted by Crippen LogP contribution is 2.20. The van der Waals surface area contributed by atoms with Crippen molar-refractivity contribution in [2.75, 3.05) is 25.6 Å². The third-order valence-corrected chi connectivity index (χ3v) is 4.53. The van der Waals surface area contributed by atoms with Crippen molar-refractivity contribution in [2.45, 2.75) is 63.5 Å². The zero-order chi connectivity index (χ0) is 11.9. The van der Waals surface area contributed by atoms with Crippen LogP contribution in [0, 0.1) is 0 Å². The van der Waals surface area contributed by atoms with Crippen LogP contribution < -0.4 is 0 Å². The number of hydrogen-bond acceptors (Lipinski definition) is 2. The van der Waals surface area contributed by atoms with Gasteiger partial charge in [-0.1, -0.05) is 12.8 Å². The molecule has 0 spiro atoms. The Morgan fingerprint density at radius 3 is 2.82 bits per heavy atom. The molecule has 2 rings (SSSR count). The fourth-order valence-electron chi connectivity index (χ4n) is 3.10. The van der Waals surface area contributed by atoms with Crippen molar-refractivity contribution in [1.82, 2.24) is 4.90 Å². The van der Waals surface area contributed by atoms with Crippen molar-refractivity contribution in [1.29, 1.82) is 0 Å². The van der Waals surface area contributed by atoms with E-state index in [4.69, 9.17) is 16.3 Å². The number of likely N-dealkylation sites (tertiary alicyclic amines) is 1. The third-order valence-electron chi connectivity index (χ3n) is 4.17. The summed E-state index contributed by atoms with van der Waals surface area (Å²) in [6.45, 7) is 3.46. The molecule has 2 aliphatic rings. The Morgan fingerprint density at radius 1 is 1.12 bits per heavy atom. The summed E-state index contributed by atoms with van der Waals surface area (Å²) in [7, 11) is 0. The average Bonchev–Trinajstić information content (AvgIpc) is 2.75. The fourth-order valence-corrected chi connectivity index (χ4v) is 3.45. The molecular formula is C14H26ClNO. The number of halogens is 1. The van der Waals surface area contributed by atoms with E-state index in [1.807, 2.05) is 0 Å². The Balaban J connectivity index is 1.67. The van der Waals surface area contributed by atoms with Crippen LogP contribution in [0.4, 0.5) is 0 Å². The van der Waals surface area contributed by atoms with E-state index in [9.17, 15) is 0 Å². The molecule has 0 aromatic carbocycles.